The zero-order chi connectivity index (χ0) is 14.8. The monoisotopic (exact) mass is 298 g/mol. The topological polar surface area (TPSA) is 52.6 Å². The lowest BCUT2D eigenvalue weighted by Crippen LogP contribution is -2.36. The van der Waals surface area contributed by atoms with Crippen molar-refractivity contribution >= 4 is 23.6 Å². The molecule has 0 aliphatic carbocycles. The number of nitrogens with zero attached hydrogens (tertiary/aromatic N) is 1. The second-order valence-electron chi connectivity index (χ2n) is 4.93. The molecule has 0 bridgehead atoms. The smallest absolute Gasteiger partial charge is 0.337 e. The van der Waals surface area contributed by atoms with Crippen LogP contribution in [-0.2, 0) is 5.67 Å². The molecule has 1 aliphatic rings. The first-order valence-electron chi connectivity index (χ1n) is 6.53. The van der Waals surface area contributed by atoms with Gasteiger partial charge in [0.05, 0.1) is 11.3 Å². The van der Waals surface area contributed by atoms with E-state index in [0.717, 1.165) is 0 Å². The van der Waals surface area contributed by atoms with Gasteiger partial charge in [-0.1, -0.05) is 18.0 Å². The SMILES string of the molecule is CSN(C)c1ccc(C2(F)CCNCC2)cc1C(=O)O. The van der Waals surface area contributed by atoms with Crippen LogP contribution >= 0.6 is 11.9 Å². The van der Waals surface area contributed by atoms with E-state index in [0.29, 0.717) is 37.2 Å². The molecule has 1 fully saturated rings. The van der Waals surface area contributed by atoms with Gasteiger partial charge < -0.3 is 14.7 Å². The van der Waals surface area contributed by atoms with Gasteiger partial charge in [0.25, 0.3) is 0 Å². The summed E-state index contributed by atoms with van der Waals surface area (Å²) in [6.07, 6.45) is 2.62. The van der Waals surface area contributed by atoms with E-state index in [4.69, 9.17) is 0 Å². The molecule has 0 saturated carbocycles. The molecule has 1 aliphatic heterocycles. The highest BCUT2D eigenvalue weighted by molar-refractivity contribution is 7.99. The highest BCUT2D eigenvalue weighted by Crippen LogP contribution is 2.37. The van der Waals surface area contributed by atoms with E-state index >= 15 is 0 Å². The van der Waals surface area contributed by atoms with Gasteiger partial charge in [-0.05, 0) is 43.6 Å². The van der Waals surface area contributed by atoms with Gasteiger partial charge in [-0.25, -0.2) is 9.18 Å². The number of carbonyl (C=O) groups is 1. The Balaban J connectivity index is 2.42. The zero-order valence-electron chi connectivity index (χ0n) is 11.6. The van der Waals surface area contributed by atoms with Crippen molar-refractivity contribution in [3.8, 4) is 0 Å². The second-order valence-corrected chi connectivity index (χ2v) is 5.85. The highest BCUT2D eigenvalue weighted by Gasteiger charge is 2.34. The second kappa shape index (κ2) is 6.01. The lowest BCUT2D eigenvalue weighted by molar-refractivity contribution is 0.0696. The van der Waals surface area contributed by atoms with Crippen molar-refractivity contribution in [2.45, 2.75) is 18.5 Å². The highest BCUT2D eigenvalue weighted by atomic mass is 32.2. The van der Waals surface area contributed by atoms with Crippen molar-refractivity contribution in [1.29, 1.82) is 0 Å². The number of alkyl halides is 1. The van der Waals surface area contributed by atoms with E-state index in [-0.39, 0.29) is 5.56 Å². The molecule has 1 aromatic rings. The average molecular weight is 298 g/mol. The molecule has 0 aromatic heterocycles. The van der Waals surface area contributed by atoms with Crippen LogP contribution < -0.4 is 9.62 Å². The molecular formula is C14H19FN2O2S. The van der Waals surface area contributed by atoms with Crippen LogP contribution in [0.1, 0.15) is 28.8 Å². The number of hydrogen-bond donors (Lipinski definition) is 2. The fourth-order valence-corrected chi connectivity index (χ4v) is 2.83. The van der Waals surface area contributed by atoms with Gasteiger partial charge in [-0.3, -0.25) is 0 Å². The standard InChI is InChI=1S/C14H19FN2O2S/c1-17(20-2)12-4-3-10(9-11(12)13(18)19)14(15)5-7-16-8-6-14/h3-4,9,16H,5-8H2,1-2H3,(H,18,19). The number of carboxylic acid groups (broad SMARTS) is 1. The Kier molecular flexibility index (Phi) is 4.55. The van der Waals surface area contributed by atoms with Crippen LogP contribution in [-0.4, -0.2) is 37.5 Å². The number of anilines is 1. The van der Waals surface area contributed by atoms with Crippen LogP contribution in [0, 0.1) is 0 Å². The van der Waals surface area contributed by atoms with Crippen LogP contribution in [0.15, 0.2) is 18.2 Å². The van der Waals surface area contributed by atoms with Gasteiger partial charge in [0.15, 0.2) is 0 Å². The predicted octanol–water partition coefficient (Wildman–Crippen LogP) is 2.65. The summed E-state index contributed by atoms with van der Waals surface area (Å²) in [5, 5.41) is 12.5. The van der Waals surface area contributed by atoms with Gasteiger partial charge in [-0.2, -0.15) is 0 Å². The molecule has 0 radical (unpaired) electrons. The Hall–Kier alpha value is -1.27. The first kappa shape index (κ1) is 15.1. The van der Waals surface area contributed by atoms with Crippen molar-refractivity contribution in [1.82, 2.24) is 5.32 Å². The number of hydrogen-bond acceptors (Lipinski definition) is 4. The molecule has 2 rings (SSSR count). The Bertz CT molecular complexity index is 504. The van der Waals surface area contributed by atoms with Gasteiger partial charge >= 0.3 is 5.97 Å². The minimum absolute atomic E-state index is 0.148. The first-order chi connectivity index (χ1) is 9.48. The number of aromatic carboxylic acids is 1. The molecule has 2 N–H and O–H groups in total. The quantitative estimate of drug-likeness (QED) is 0.837. The fourth-order valence-electron chi connectivity index (χ4n) is 2.47. The van der Waals surface area contributed by atoms with E-state index in [1.165, 1.54) is 18.0 Å². The molecule has 110 valence electrons. The number of nitrogens with one attached hydrogen (secondary N) is 1. The average Bonchev–Trinajstić information content (AvgIpc) is 2.46. The molecule has 6 heteroatoms. The number of rotatable bonds is 4. The third kappa shape index (κ3) is 2.91. The van der Waals surface area contributed by atoms with Crippen LogP contribution in [0.3, 0.4) is 0 Å². The van der Waals surface area contributed by atoms with Gasteiger partial charge in [0.2, 0.25) is 0 Å². The van der Waals surface area contributed by atoms with Crippen LogP contribution in [0.25, 0.3) is 0 Å². The molecule has 1 heterocycles. The van der Waals surface area contributed by atoms with Crippen molar-refractivity contribution in [3.63, 3.8) is 0 Å². The number of halogens is 1. The third-order valence-corrected chi connectivity index (χ3v) is 4.50. The molecule has 0 unspecified atom stereocenters. The van der Waals surface area contributed by atoms with Crippen molar-refractivity contribution < 1.29 is 14.3 Å². The fraction of sp³-hybridized carbons (Fsp3) is 0.500. The Morgan fingerprint density at radius 1 is 1.45 bits per heavy atom. The molecule has 0 atom stereocenters. The minimum Gasteiger partial charge on any atom is -0.478 e. The van der Waals surface area contributed by atoms with E-state index < -0.39 is 11.6 Å². The summed E-state index contributed by atoms with van der Waals surface area (Å²) in [5.41, 5.74) is -0.220. The summed E-state index contributed by atoms with van der Waals surface area (Å²) in [4.78, 5) is 11.4. The van der Waals surface area contributed by atoms with Gasteiger partial charge in [-0.15, -0.1) is 0 Å². The Morgan fingerprint density at radius 2 is 2.10 bits per heavy atom. The van der Waals surface area contributed by atoms with Gasteiger partial charge in [0, 0.05) is 13.3 Å². The van der Waals surface area contributed by atoms with E-state index in [9.17, 15) is 14.3 Å². The van der Waals surface area contributed by atoms with Crippen molar-refractivity contribution in [2.24, 2.45) is 0 Å². The normalized spacial score (nSPS) is 17.8. The lowest BCUT2D eigenvalue weighted by atomic mass is 9.86. The van der Waals surface area contributed by atoms with E-state index in [1.807, 2.05) is 6.26 Å². The summed E-state index contributed by atoms with van der Waals surface area (Å²) < 4.78 is 16.7. The summed E-state index contributed by atoms with van der Waals surface area (Å²) >= 11 is 1.42. The summed E-state index contributed by atoms with van der Waals surface area (Å²) in [7, 11) is 1.79. The van der Waals surface area contributed by atoms with Crippen molar-refractivity contribution in [2.75, 3.05) is 30.7 Å². The molecule has 0 amide bonds. The van der Waals surface area contributed by atoms with Crippen LogP contribution in [0.5, 0.6) is 0 Å². The molecule has 4 nitrogen and oxygen atoms in total. The minimum atomic E-state index is -1.42. The van der Waals surface area contributed by atoms with Crippen LogP contribution in [0.2, 0.25) is 0 Å². The number of piperidine rings is 1. The van der Waals surface area contributed by atoms with E-state index in [2.05, 4.69) is 5.32 Å². The zero-order valence-corrected chi connectivity index (χ0v) is 12.5. The summed E-state index contributed by atoms with van der Waals surface area (Å²) in [6.45, 7) is 1.23. The number of carboxylic acids is 1. The maximum absolute atomic E-state index is 14.9. The third-order valence-electron chi connectivity index (χ3n) is 3.75. The molecule has 1 saturated heterocycles. The molecule has 20 heavy (non-hydrogen) atoms. The Morgan fingerprint density at radius 3 is 2.65 bits per heavy atom. The first-order valence-corrected chi connectivity index (χ1v) is 7.71. The lowest BCUT2D eigenvalue weighted by Gasteiger charge is -2.31. The number of benzene rings is 1. The molecular weight excluding hydrogens is 279 g/mol. The summed E-state index contributed by atoms with van der Waals surface area (Å²) in [6, 6.07) is 4.88. The van der Waals surface area contributed by atoms with Crippen LogP contribution in [0.4, 0.5) is 10.1 Å². The largest absolute Gasteiger partial charge is 0.478 e. The van der Waals surface area contributed by atoms with Crippen molar-refractivity contribution in [3.05, 3.63) is 29.3 Å². The van der Waals surface area contributed by atoms with Gasteiger partial charge in [0.1, 0.15) is 5.67 Å². The Labute approximate surface area is 122 Å². The predicted molar refractivity (Wildman–Crippen MR) is 80.2 cm³/mol. The summed E-state index contributed by atoms with van der Waals surface area (Å²) in [5.74, 6) is -1.03. The molecule has 1 aromatic carbocycles. The maximum atomic E-state index is 14.9. The molecule has 0 spiro atoms. The van der Waals surface area contributed by atoms with E-state index in [1.54, 1.807) is 23.5 Å². The maximum Gasteiger partial charge on any atom is 0.337 e.